The Labute approximate surface area is 194 Å². The summed E-state index contributed by atoms with van der Waals surface area (Å²) in [5.74, 6) is -0.314. The van der Waals surface area contributed by atoms with Crippen molar-refractivity contribution in [1.82, 2.24) is 9.62 Å². The molecule has 0 radical (unpaired) electrons. The average Bonchev–Trinajstić information content (AvgIpc) is 2.99. The quantitative estimate of drug-likeness (QED) is 0.542. The maximum atomic E-state index is 13.4. The van der Waals surface area contributed by atoms with Crippen LogP contribution in [-0.2, 0) is 21.4 Å². The van der Waals surface area contributed by atoms with E-state index >= 15 is 0 Å². The third kappa shape index (κ3) is 6.45. The number of hydrogen-bond donors (Lipinski definition) is 1. The normalized spacial score (nSPS) is 15.6. The highest BCUT2D eigenvalue weighted by Gasteiger charge is 2.29. The number of halogens is 2. The minimum absolute atomic E-state index is 0.0860. The lowest BCUT2D eigenvalue weighted by atomic mass is 10.1. The molecule has 0 atom stereocenters. The Kier molecular flexibility index (Phi) is 8.39. The standard InChI is InChI=1S/C23H28Cl2N2O3S/c1-17-11-13-19(14-12-17)31(29,30)27(15-20-21(24)9-6-10-22(20)25)16-23(28)26-18-7-4-2-3-5-8-18/h6,9-14,18H,2-5,7-8,15-16H2,1H3,(H,26,28). The van der Waals surface area contributed by atoms with Crippen molar-refractivity contribution >= 4 is 39.1 Å². The molecule has 1 fully saturated rings. The van der Waals surface area contributed by atoms with Crippen molar-refractivity contribution in [2.75, 3.05) is 6.54 Å². The first-order chi connectivity index (χ1) is 14.8. The summed E-state index contributed by atoms with van der Waals surface area (Å²) in [5, 5.41) is 3.75. The van der Waals surface area contributed by atoms with E-state index in [4.69, 9.17) is 23.2 Å². The van der Waals surface area contributed by atoms with Gasteiger partial charge in [-0.2, -0.15) is 4.31 Å². The third-order valence-electron chi connectivity index (χ3n) is 5.60. The highest BCUT2D eigenvalue weighted by atomic mass is 35.5. The summed E-state index contributed by atoms with van der Waals surface area (Å²) in [6.07, 6.45) is 6.34. The van der Waals surface area contributed by atoms with Gasteiger partial charge in [-0.25, -0.2) is 8.42 Å². The van der Waals surface area contributed by atoms with E-state index in [1.54, 1.807) is 42.5 Å². The van der Waals surface area contributed by atoms with E-state index in [0.29, 0.717) is 15.6 Å². The van der Waals surface area contributed by atoms with Gasteiger partial charge in [0.05, 0.1) is 11.4 Å². The first kappa shape index (κ1) is 24.1. The molecule has 0 spiro atoms. The van der Waals surface area contributed by atoms with Crippen LogP contribution in [0.25, 0.3) is 0 Å². The summed E-state index contributed by atoms with van der Waals surface area (Å²) in [5.41, 5.74) is 1.43. The van der Waals surface area contributed by atoms with Crippen LogP contribution in [-0.4, -0.2) is 31.2 Å². The second-order valence-electron chi connectivity index (χ2n) is 8.04. The number of amides is 1. The zero-order chi connectivity index (χ0) is 22.4. The summed E-state index contributed by atoms with van der Waals surface area (Å²) < 4.78 is 28.0. The van der Waals surface area contributed by atoms with E-state index in [1.807, 2.05) is 6.92 Å². The molecule has 31 heavy (non-hydrogen) atoms. The van der Waals surface area contributed by atoms with Crippen molar-refractivity contribution in [3.05, 3.63) is 63.6 Å². The van der Waals surface area contributed by atoms with Crippen molar-refractivity contribution in [3.63, 3.8) is 0 Å². The molecule has 1 saturated carbocycles. The van der Waals surface area contributed by atoms with Gasteiger partial charge in [0.1, 0.15) is 0 Å². The number of carbonyl (C=O) groups excluding carboxylic acids is 1. The Hall–Kier alpha value is -1.60. The number of aryl methyl sites for hydroxylation is 1. The molecule has 8 heteroatoms. The number of sulfonamides is 1. The Morgan fingerprint density at radius 2 is 1.58 bits per heavy atom. The number of hydrogen-bond acceptors (Lipinski definition) is 3. The van der Waals surface area contributed by atoms with Gasteiger partial charge in [0.25, 0.3) is 0 Å². The van der Waals surface area contributed by atoms with Gasteiger partial charge < -0.3 is 5.32 Å². The maximum absolute atomic E-state index is 13.4. The van der Waals surface area contributed by atoms with Crippen molar-refractivity contribution in [1.29, 1.82) is 0 Å². The molecule has 1 amide bonds. The van der Waals surface area contributed by atoms with E-state index in [1.165, 1.54) is 12.8 Å². The lowest BCUT2D eigenvalue weighted by Gasteiger charge is -2.24. The van der Waals surface area contributed by atoms with Crippen LogP contribution in [0.3, 0.4) is 0 Å². The van der Waals surface area contributed by atoms with Crippen LogP contribution in [0.2, 0.25) is 10.0 Å². The van der Waals surface area contributed by atoms with Crippen molar-refractivity contribution in [2.45, 2.75) is 62.9 Å². The van der Waals surface area contributed by atoms with Gasteiger partial charge in [-0.15, -0.1) is 0 Å². The average molecular weight is 483 g/mol. The predicted octanol–water partition coefficient (Wildman–Crippen LogP) is 5.33. The minimum Gasteiger partial charge on any atom is -0.352 e. The molecule has 1 aliphatic carbocycles. The topological polar surface area (TPSA) is 66.5 Å². The summed E-state index contributed by atoms with van der Waals surface area (Å²) in [7, 11) is -3.94. The largest absolute Gasteiger partial charge is 0.352 e. The van der Waals surface area contributed by atoms with Crippen LogP contribution in [0.15, 0.2) is 47.4 Å². The number of rotatable bonds is 7. The number of nitrogens with zero attached hydrogens (tertiary/aromatic N) is 1. The fraction of sp³-hybridized carbons (Fsp3) is 0.435. The molecule has 0 unspecified atom stereocenters. The highest BCUT2D eigenvalue weighted by molar-refractivity contribution is 7.89. The third-order valence-corrected chi connectivity index (χ3v) is 8.11. The first-order valence-corrected chi connectivity index (χ1v) is 12.8. The molecule has 1 aliphatic rings. The number of carbonyl (C=O) groups is 1. The molecule has 1 N–H and O–H groups in total. The van der Waals surface area contributed by atoms with Crippen LogP contribution in [0.5, 0.6) is 0 Å². The summed E-state index contributed by atoms with van der Waals surface area (Å²) in [6, 6.07) is 11.7. The van der Waals surface area contributed by atoms with Gasteiger partial charge in [-0.05, 0) is 44.0 Å². The Morgan fingerprint density at radius 1 is 1.00 bits per heavy atom. The van der Waals surface area contributed by atoms with Crippen LogP contribution >= 0.6 is 23.2 Å². The van der Waals surface area contributed by atoms with Gasteiger partial charge in [0, 0.05) is 28.2 Å². The molecule has 5 nitrogen and oxygen atoms in total. The lowest BCUT2D eigenvalue weighted by Crippen LogP contribution is -2.43. The molecule has 168 valence electrons. The van der Waals surface area contributed by atoms with Crippen LogP contribution in [0, 0.1) is 6.92 Å². The molecule has 0 aliphatic heterocycles. The Bertz CT molecular complexity index is 982. The SMILES string of the molecule is Cc1ccc(S(=O)(=O)N(CC(=O)NC2CCCCCC2)Cc2c(Cl)cccc2Cl)cc1. The van der Waals surface area contributed by atoms with Gasteiger partial charge in [-0.3, -0.25) is 4.79 Å². The fourth-order valence-electron chi connectivity index (χ4n) is 3.80. The van der Waals surface area contributed by atoms with Gasteiger partial charge in [0.2, 0.25) is 15.9 Å². The molecule has 0 aromatic heterocycles. The van der Waals surface area contributed by atoms with Crippen molar-refractivity contribution in [2.24, 2.45) is 0 Å². The second kappa shape index (κ2) is 10.8. The van der Waals surface area contributed by atoms with Gasteiger partial charge in [-0.1, -0.05) is 72.6 Å². The van der Waals surface area contributed by atoms with Crippen molar-refractivity contribution < 1.29 is 13.2 Å². The Morgan fingerprint density at radius 3 is 2.16 bits per heavy atom. The van der Waals surface area contributed by atoms with Crippen LogP contribution in [0.1, 0.15) is 49.7 Å². The second-order valence-corrected chi connectivity index (χ2v) is 10.8. The van der Waals surface area contributed by atoms with E-state index in [9.17, 15) is 13.2 Å². The lowest BCUT2D eigenvalue weighted by molar-refractivity contribution is -0.122. The van der Waals surface area contributed by atoms with E-state index in [2.05, 4.69) is 5.32 Å². The highest BCUT2D eigenvalue weighted by Crippen LogP contribution is 2.28. The summed E-state index contributed by atoms with van der Waals surface area (Å²) >= 11 is 12.6. The van der Waals surface area contributed by atoms with Crippen LogP contribution in [0.4, 0.5) is 0 Å². The number of nitrogens with one attached hydrogen (secondary N) is 1. The van der Waals surface area contributed by atoms with E-state index < -0.39 is 10.0 Å². The van der Waals surface area contributed by atoms with E-state index in [0.717, 1.165) is 35.6 Å². The zero-order valence-corrected chi connectivity index (χ0v) is 19.9. The van der Waals surface area contributed by atoms with Crippen LogP contribution < -0.4 is 5.32 Å². The first-order valence-electron chi connectivity index (χ1n) is 10.6. The molecule has 0 saturated heterocycles. The smallest absolute Gasteiger partial charge is 0.243 e. The molecule has 2 aromatic rings. The zero-order valence-electron chi connectivity index (χ0n) is 17.6. The predicted molar refractivity (Wildman–Crippen MR) is 125 cm³/mol. The summed E-state index contributed by atoms with van der Waals surface area (Å²) in [4.78, 5) is 13.0. The van der Waals surface area contributed by atoms with Gasteiger partial charge >= 0.3 is 0 Å². The molecule has 0 heterocycles. The minimum atomic E-state index is -3.94. The monoisotopic (exact) mass is 482 g/mol. The Balaban J connectivity index is 1.86. The molecule has 0 bridgehead atoms. The number of benzene rings is 2. The molecular formula is C23H28Cl2N2O3S. The van der Waals surface area contributed by atoms with Gasteiger partial charge in [0.15, 0.2) is 0 Å². The molecule has 2 aromatic carbocycles. The van der Waals surface area contributed by atoms with Crippen molar-refractivity contribution in [3.8, 4) is 0 Å². The summed E-state index contributed by atoms with van der Waals surface area (Å²) in [6.45, 7) is 1.50. The fourth-order valence-corrected chi connectivity index (χ4v) is 5.68. The maximum Gasteiger partial charge on any atom is 0.243 e. The van der Waals surface area contributed by atoms with E-state index in [-0.39, 0.29) is 29.9 Å². The molecule has 3 rings (SSSR count). The molecular weight excluding hydrogens is 455 g/mol.